The van der Waals surface area contributed by atoms with E-state index in [1.54, 1.807) is 5.57 Å². The van der Waals surface area contributed by atoms with E-state index < -0.39 is 0 Å². The summed E-state index contributed by atoms with van der Waals surface area (Å²) in [5.41, 5.74) is 6.05. The molecule has 2 aliphatic heterocycles. The Morgan fingerprint density at radius 1 is 1.00 bits per heavy atom. The lowest BCUT2D eigenvalue weighted by Gasteiger charge is -2.54. The Hall–Kier alpha value is -2.16. The summed E-state index contributed by atoms with van der Waals surface area (Å²) in [5, 5.41) is 2.66. The van der Waals surface area contributed by atoms with Crippen LogP contribution in [0.4, 0.5) is 0 Å². The second-order valence-corrected chi connectivity index (χ2v) is 11.8. The minimum Gasteiger partial charge on any atom is -0.359 e. The molecule has 2 aromatic rings. The van der Waals surface area contributed by atoms with Crippen LogP contribution in [0.15, 0.2) is 71.8 Å². The molecule has 1 saturated heterocycles. The Labute approximate surface area is 198 Å². The molecule has 2 fully saturated rings. The molecule has 5 atom stereocenters. The number of rotatable bonds is 2. The lowest BCUT2D eigenvalue weighted by atomic mass is 9.58. The van der Waals surface area contributed by atoms with Crippen LogP contribution < -0.4 is 0 Å². The molecule has 2 aromatic carbocycles. The van der Waals surface area contributed by atoms with Crippen LogP contribution in [0.2, 0.25) is 0 Å². The Morgan fingerprint density at radius 2 is 1.85 bits per heavy atom. The van der Waals surface area contributed by atoms with Crippen molar-refractivity contribution in [1.29, 1.82) is 0 Å². The third-order valence-corrected chi connectivity index (χ3v) is 10.0. The van der Waals surface area contributed by atoms with Gasteiger partial charge in [-0.1, -0.05) is 61.5 Å². The predicted molar refractivity (Wildman–Crippen MR) is 136 cm³/mol. The zero-order chi connectivity index (χ0) is 22.4. The quantitative estimate of drug-likeness (QED) is 0.505. The van der Waals surface area contributed by atoms with Gasteiger partial charge in [-0.2, -0.15) is 0 Å². The highest BCUT2D eigenvalue weighted by Crippen LogP contribution is 2.67. The van der Waals surface area contributed by atoms with E-state index in [-0.39, 0.29) is 16.6 Å². The van der Waals surface area contributed by atoms with Crippen molar-refractivity contribution in [3.63, 3.8) is 0 Å². The molecule has 5 aliphatic rings. The van der Waals surface area contributed by atoms with Crippen LogP contribution in [-0.4, -0.2) is 36.2 Å². The van der Waals surface area contributed by atoms with Crippen LogP contribution in [0.1, 0.15) is 57.4 Å². The van der Waals surface area contributed by atoms with Gasteiger partial charge in [0.25, 0.3) is 0 Å². The maximum atomic E-state index is 7.40. The first-order valence-electron chi connectivity index (χ1n) is 12.9. The second-order valence-electron chi connectivity index (χ2n) is 11.8. The SMILES string of the molecule is CN(C)[C@H]1CCC2=CC3=CC[C@]4(C)C(c5ccc6ccccc6c5)=CC[C@H]4[C@@]34CCC2(C1)O4. The smallest absolute Gasteiger partial charge is 0.0980 e. The molecule has 2 heterocycles. The molecule has 1 saturated carbocycles. The van der Waals surface area contributed by atoms with Gasteiger partial charge < -0.3 is 9.64 Å². The van der Waals surface area contributed by atoms with Crippen LogP contribution in [0, 0.1) is 11.3 Å². The molecule has 3 aliphatic carbocycles. The highest BCUT2D eigenvalue weighted by atomic mass is 16.5. The van der Waals surface area contributed by atoms with Crippen molar-refractivity contribution < 1.29 is 4.74 Å². The Balaban J connectivity index is 1.28. The summed E-state index contributed by atoms with van der Waals surface area (Å²) >= 11 is 0. The zero-order valence-electron chi connectivity index (χ0n) is 20.2. The van der Waals surface area contributed by atoms with Crippen LogP contribution in [-0.2, 0) is 4.74 Å². The number of nitrogens with zero attached hydrogens (tertiary/aromatic N) is 1. The molecule has 0 radical (unpaired) electrons. The molecular weight excluding hydrogens is 402 g/mol. The van der Waals surface area contributed by atoms with Gasteiger partial charge in [-0.25, -0.2) is 0 Å². The summed E-state index contributed by atoms with van der Waals surface area (Å²) in [5.74, 6) is 0.531. The molecule has 33 heavy (non-hydrogen) atoms. The number of hydrogen-bond acceptors (Lipinski definition) is 2. The van der Waals surface area contributed by atoms with E-state index in [2.05, 4.69) is 86.6 Å². The largest absolute Gasteiger partial charge is 0.359 e. The van der Waals surface area contributed by atoms with Crippen LogP contribution in [0.3, 0.4) is 0 Å². The van der Waals surface area contributed by atoms with Gasteiger partial charge in [0.1, 0.15) is 0 Å². The van der Waals surface area contributed by atoms with E-state index in [0.29, 0.717) is 12.0 Å². The molecule has 2 spiro atoms. The van der Waals surface area contributed by atoms with E-state index in [4.69, 9.17) is 4.74 Å². The molecular formula is C31H35NO. The number of hydrogen-bond donors (Lipinski definition) is 0. The number of benzene rings is 2. The molecule has 170 valence electrons. The van der Waals surface area contributed by atoms with Gasteiger partial charge in [-0.3, -0.25) is 0 Å². The molecule has 0 N–H and O–H groups in total. The van der Waals surface area contributed by atoms with E-state index >= 15 is 0 Å². The third kappa shape index (κ3) is 2.63. The van der Waals surface area contributed by atoms with Gasteiger partial charge in [-0.05, 0) is 98.2 Å². The summed E-state index contributed by atoms with van der Waals surface area (Å²) < 4.78 is 7.40. The second kappa shape index (κ2) is 6.71. The fourth-order valence-electron chi connectivity index (χ4n) is 8.21. The summed E-state index contributed by atoms with van der Waals surface area (Å²) in [6, 6.07) is 16.4. The zero-order valence-corrected chi connectivity index (χ0v) is 20.2. The summed E-state index contributed by atoms with van der Waals surface area (Å²) in [4.78, 5) is 2.42. The van der Waals surface area contributed by atoms with Crippen molar-refractivity contribution in [3.05, 3.63) is 77.4 Å². The van der Waals surface area contributed by atoms with Crippen molar-refractivity contribution in [2.24, 2.45) is 11.3 Å². The number of allylic oxidation sites excluding steroid dienone is 3. The molecule has 1 unspecified atom stereocenters. The monoisotopic (exact) mass is 437 g/mol. The molecule has 2 nitrogen and oxygen atoms in total. The van der Waals surface area contributed by atoms with Gasteiger partial charge in [0.05, 0.1) is 11.2 Å². The van der Waals surface area contributed by atoms with Crippen molar-refractivity contribution in [2.45, 2.75) is 69.1 Å². The molecule has 0 aromatic heterocycles. The van der Waals surface area contributed by atoms with Gasteiger partial charge in [0.2, 0.25) is 0 Å². The Kier molecular flexibility index (Phi) is 4.11. The lowest BCUT2D eigenvalue weighted by molar-refractivity contribution is -0.134. The van der Waals surface area contributed by atoms with Crippen LogP contribution >= 0.6 is 0 Å². The lowest BCUT2D eigenvalue weighted by Crippen LogP contribution is -2.54. The fraction of sp³-hybridized carbons (Fsp3) is 0.484. The Morgan fingerprint density at radius 3 is 2.70 bits per heavy atom. The van der Waals surface area contributed by atoms with Gasteiger partial charge in [0.15, 0.2) is 0 Å². The fourth-order valence-corrected chi connectivity index (χ4v) is 8.21. The van der Waals surface area contributed by atoms with Crippen molar-refractivity contribution in [3.8, 4) is 0 Å². The van der Waals surface area contributed by atoms with Crippen LogP contribution in [0.5, 0.6) is 0 Å². The van der Waals surface area contributed by atoms with Gasteiger partial charge in [-0.15, -0.1) is 0 Å². The highest BCUT2D eigenvalue weighted by molar-refractivity contribution is 5.87. The highest BCUT2D eigenvalue weighted by Gasteiger charge is 2.65. The molecule has 2 bridgehead atoms. The van der Waals surface area contributed by atoms with E-state index in [0.717, 1.165) is 19.3 Å². The van der Waals surface area contributed by atoms with Crippen LogP contribution in [0.25, 0.3) is 16.3 Å². The minimum absolute atomic E-state index is 0.0194. The topological polar surface area (TPSA) is 12.5 Å². The van der Waals surface area contributed by atoms with Crippen molar-refractivity contribution >= 4 is 16.3 Å². The normalized spacial score (nSPS) is 39.0. The first-order valence-corrected chi connectivity index (χ1v) is 12.9. The number of fused-ring (bicyclic) bond motifs is 2. The summed E-state index contributed by atoms with van der Waals surface area (Å²) in [7, 11) is 4.48. The minimum atomic E-state index is -0.0974. The maximum absolute atomic E-state index is 7.40. The average molecular weight is 438 g/mol. The van der Waals surface area contributed by atoms with Gasteiger partial charge in [0, 0.05) is 17.4 Å². The van der Waals surface area contributed by atoms with E-state index in [9.17, 15) is 0 Å². The first kappa shape index (κ1) is 20.2. The molecule has 2 heteroatoms. The predicted octanol–water partition coefficient (Wildman–Crippen LogP) is 6.92. The average Bonchev–Trinajstić information content (AvgIpc) is 3.33. The van der Waals surface area contributed by atoms with E-state index in [1.807, 2.05) is 0 Å². The Bertz CT molecular complexity index is 1250. The third-order valence-electron chi connectivity index (χ3n) is 10.0. The first-order chi connectivity index (χ1) is 15.9. The van der Waals surface area contributed by atoms with Gasteiger partial charge >= 0.3 is 0 Å². The number of ether oxygens (including phenoxy) is 1. The summed E-state index contributed by atoms with van der Waals surface area (Å²) in [6.07, 6.45) is 15.9. The standard InChI is InChI=1S/C31H35NO/c1-29-15-14-25-19-24-10-11-26(32(2)3)20-30(24)16-17-31(25,33-30)28(29)13-12-27(29)23-9-8-21-6-4-5-7-22(21)18-23/h4-9,12,14,18-19,26,28H,10-11,13,15-17,20H2,1-3H3/t26-,28+,29+,30?,31+/m0/s1. The molecule has 7 rings (SSSR count). The molecule has 0 amide bonds. The van der Waals surface area contributed by atoms with E-state index in [1.165, 1.54) is 53.2 Å². The maximum Gasteiger partial charge on any atom is 0.0980 e. The van der Waals surface area contributed by atoms with Crippen molar-refractivity contribution in [1.82, 2.24) is 4.90 Å². The summed E-state index contributed by atoms with van der Waals surface area (Å²) in [6.45, 7) is 2.52. The van der Waals surface area contributed by atoms with Crippen molar-refractivity contribution in [2.75, 3.05) is 14.1 Å².